The van der Waals surface area contributed by atoms with Gasteiger partial charge in [-0.2, -0.15) is 0 Å². The van der Waals surface area contributed by atoms with E-state index in [-0.39, 0.29) is 0 Å². The molecule has 2 heteroatoms. The van der Waals surface area contributed by atoms with E-state index in [0.717, 1.165) is 10.6 Å². The number of ether oxygens (including phenoxy) is 1. The van der Waals surface area contributed by atoms with Crippen molar-refractivity contribution >= 4 is 11.3 Å². The van der Waals surface area contributed by atoms with E-state index < -0.39 is 0 Å². The van der Waals surface area contributed by atoms with Crippen LogP contribution in [0.1, 0.15) is 5.56 Å². The third-order valence-electron chi connectivity index (χ3n) is 0.848. The smallest absolute Gasteiger partial charge is 0.174 e. The predicted octanol–water partition coefficient (Wildman–Crippen LogP) is 1.87. The van der Waals surface area contributed by atoms with Crippen molar-refractivity contribution in [3.63, 3.8) is 0 Å². The Labute approximate surface area is 52.9 Å². The molecule has 1 heterocycles. The molecule has 0 N–H and O–H groups in total. The lowest BCUT2D eigenvalue weighted by Gasteiger charge is -1.86. The monoisotopic (exact) mass is 127 g/mol. The molecular formula is C6H7OS. The lowest BCUT2D eigenvalue weighted by atomic mass is 10.4. The normalized spacial score (nSPS) is 9.25. The molecule has 1 radical (unpaired) electrons. The van der Waals surface area contributed by atoms with E-state index in [1.807, 2.05) is 13.0 Å². The van der Waals surface area contributed by atoms with Crippen LogP contribution in [0.3, 0.4) is 0 Å². The van der Waals surface area contributed by atoms with Crippen LogP contribution in [0.4, 0.5) is 0 Å². The Morgan fingerprint density at radius 2 is 2.50 bits per heavy atom. The van der Waals surface area contributed by atoms with E-state index in [0.29, 0.717) is 0 Å². The average Bonchev–Trinajstić information content (AvgIpc) is 2.14. The van der Waals surface area contributed by atoms with Crippen LogP contribution in [0.25, 0.3) is 0 Å². The number of thiophene rings is 1. The molecule has 1 aromatic heterocycles. The van der Waals surface area contributed by atoms with Gasteiger partial charge in [-0.25, -0.2) is 0 Å². The summed E-state index contributed by atoms with van der Waals surface area (Å²) < 4.78 is 4.92. The van der Waals surface area contributed by atoms with Crippen molar-refractivity contribution in [2.24, 2.45) is 0 Å². The molecule has 1 aromatic rings. The van der Waals surface area contributed by atoms with Gasteiger partial charge in [0, 0.05) is 0 Å². The first-order valence-electron chi connectivity index (χ1n) is 2.35. The summed E-state index contributed by atoms with van der Waals surface area (Å²) in [6.07, 6.45) is 0. The zero-order valence-electron chi connectivity index (χ0n) is 4.89. The summed E-state index contributed by atoms with van der Waals surface area (Å²) in [4.78, 5) is 0. The molecule has 0 spiro atoms. The van der Waals surface area contributed by atoms with E-state index >= 15 is 0 Å². The lowest BCUT2D eigenvalue weighted by molar-refractivity contribution is 0.427. The molecule has 0 saturated heterocycles. The largest absolute Gasteiger partial charge is 0.487 e. The van der Waals surface area contributed by atoms with Crippen LogP contribution in [0.5, 0.6) is 5.06 Å². The minimum absolute atomic E-state index is 0.933. The molecule has 0 saturated carbocycles. The molecular weight excluding hydrogens is 120 g/mol. The summed E-state index contributed by atoms with van der Waals surface area (Å²) >= 11 is 1.50. The van der Waals surface area contributed by atoms with Crippen molar-refractivity contribution in [3.8, 4) is 5.06 Å². The Hall–Kier alpha value is -0.500. The molecule has 1 nitrogen and oxygen atoms in total. The van der Waals surface area contributed by atoms with Gasteiger partial charge in [0.25, 0.3) is 0 Å². The summed E-state index contributed by atoms with van der Waals surface area (Å²) in [5.41, 5.74) is 1.15. The summed E-state index contributed by atoms with van der Waals surface area (Å²) in [7, 11) is 1.67. The van der Waals surface area contributed by atoms with Crippen molar-refractivity contribution in [2.45, 2.75) is 6.92 Å². The van der Waals surface area contributed by atoms with Crippen molar-refractivity contribution in [3.05, 3.63) is 17.0 Å². The van der Waals surface area contributed by atoms with Crippen LogP contribution >= 0.6 is 11.3 Å². The minimum Gasteiger partial charge on any atom is -0.487 e. The maximum absolute atomic E-state index is 4.92. The topological polar surface area (TPSA) is 9.23 Å². The van der Waals surface area contributed by atoms with Gasteiger partial charge in [0.1, 0.15) is 0 Å². The molecule has 0 unspecified atom stereocenters. The highest BCUT2D eigenvalue weighted by molar-refractivity contribution is 7.11. The van der Waals surface area contributed by atoms with Crippen LogP contribution in [0.15, 0.2) is 6.07 Å². The maximum Gasteiger partial charge on any atom is 0.174 e. The summed E-state index contributed by atoms with van der Waals surface area (Å²) in [5, 5.41) is 3.97. The van der Waals surface area contributed by atoms with Gasteiger partial charge in [0.2, 0.25) is 0 Å². The van der Waals surface area contributed by atoms with Gasteiger partial charge in [-0.3, -0.25) is 0 Å². The number of hydrogen-bond acceptors (Lipinski definition) is 2. The van der Waals surface area contributed by atoms with E-state index in [9.17, 15) is 0 Å². The molecule has 43 valence electrons. The van der Waals surface area contributed by atoms with Gasteiger partial charge >= 0.3 is 0 Å². The first-order chi connectivity index (χ1) is 3.83. The van der Waals surface area contributed by atoms with Gasteiger partial charge in [0.05, 0.1) is 12.5 Å². The molecule has 1 rings (SSSR count). The number of methoxy groups -OCH3 is 1. The third kappa shape index (κ3) is 1.01. The van der Waals surface area contributed by atoms with Crippen molar-refractivity contribution in [1.29, 1.82) is 0 Å². The molecule has 0 atom stereocenters. The highest BCUT2D eigenvalue weighted by Crippen LogP contribution is 2.20. The zero-order valence-corrected chi connectivity index (χ0v) is 5.71. The predicted molar refractivity (Wildman–Crippen MR) is 34.4 cm³/mol. The SMILES string of the molecule is COc1cc(C)[c]s1. The van der Waals surface area contributed by atoms with E-state index in [4.69, 9.17) is 4.74 Å². The maximum atomic E-state index is 4.92. The van der Waals surface area contributed by atoms with Crippen molar-refractivity contribution in [1.82, 2.24) is 0 Å². The molecule has 0 bridgehead atoms. The highest BCUT2D eigenvalue weighted by atomic mass is 32.1. The highest BCUT2D eigenvalue weighted by Gasteiger charge is 1.91. The molecule has 8 heavy (non-hydrogen) atoms. The molecule has 0 aliphatic carbocycles. The van der Waals surface area contributed by atoms with Crippen LogP contribution in [-0.2, 0) is 0 Å². The Morgan fingerprint density at radius 1 is 1.75 bits per heavy atom. The first kappa shape index (κ1) is 5.63. The van der Waals surface area contributed by atoms with Crippen LogP contribution in [-0.4, -0.2) is 7.11 Å². The standard InChI is InChI=1S/C6H7OS/c1-5-3-6(7-2)8-4-5/h3H,1-2H3. The van der Waals surface area contributed by atoms with Gasteiger partial charge in [0.15, 0.2) is 5.06 Å². The Balaban J connectivity index is 2.84. The van der Waals surface area contributed by atoms with Gasteiger partial charge in [-0.15, -0.1) is 0 Å². The van der Waals surface area contributed by atoms with E-state index in [1.54, 1.807) is 7.11 Å². The third-order valence-corrected chi connectivity index (χ3v) is 1.76. The Bertz CT molecular complexity index is 169. The second-order valence-electron chi connectivity index (χ2n) is 1.55. The molecule has 0 aromatic carbocycles. The van der Waals surface area contributed by atoms with Crippen LogP contribution in [0.2, 0.25) is 0 Å². The van der Waals surface area contributed by atoms with Crippen LogP contribution in [0, 0.1) is 12.3 Å². The number of rotatable bonds is 1. The fraction of sp³-hybridized carbons (Fsp3) is 0.333. The molecule has 0 aliphatic heterocycles. The summed E-state index contributed by atoms with van der Waals surface area (Å²) in [5.74, 6) is 0. The summed E-state index contributed by atoms with van der Waals surface area (Å²) in [6, 6.07) is 1.96. The minimum atomic E-state index is 0.933. The van der Waals surface area contributed by atoms with Gasteiger partial charge < -0.3 is 4.74 Å². The van der Waals surface area contributed by atoms with Gasteiger partial charge in [-0.1, -0.05) is 11.3 Å². The summed E-state index contributed by atoms with van der Waals surface area (Å²) in [6.45, 7) is 2.00. The molecule has 0 fully saturated rings. The molecule has 0 amide bonds. The Kier molecular flexibility index (Phi) is 1.53. The van der Waals surface area contributed by atoms with Crippen molar-refractivity contribution < 1.29 is 4.74 Å². The lowest BCUT2D eigenvalue weighted by Crippen LogP contribution is -1.73. The second-order valence-corrected chi connectivity index (χ2v) is 2.37. The first-order valence-corrected chi connectivity index (χ1v) is 3.16. The quantitative estimate of drug-likeness (QED) is 0.559. The fourth-order valence-electron chi connectivity index (χ4n) is 0.467. The van der Waals surface area contributed by atoms with Gasteiger partial charge in [-0.05, 0) is 18.6 Å². The van der Waals surface area contributed by atoms with Crippen molar-refractivity contribution in [2.75, 3.05) is 7.11 Å². The van der Waals surface area contributed by atoms with Crippen LogP contribution < -0.4 is 4.74 Å². The Morgan fingerprint density at radius 3 is 2.75 bits per heavy atom. The molecule has 0 aliphatic rings. The van der Waals surface area contributed by atoms with E-state index in [2.05, 4.69) is 5.38 Å². The fourth-order valence-corrected chi connectivity index (χ4v) is 1.11. The zero-order chi connectivity index (χ0) is 5.98. The van der Waals surface area contributed by atoms with E-state index in [1.165, 1.54) is 11.3 Å². The average molecular weight is 127 g/mol. The number of hydrogen-bond donors (Lipinski definition) is 0. The second kappa shape index (κ2) is 2.18. The number of aryl methyl sites for hydroxylation is 1.